The number of hydrogen-bond acceptors (Lipinski definition) is 5. The number of amides is 2. The lowest BCUT2D eigenvalue weighted by Crippen LogP contribution is -2.39. The second kappa shape index (κ2) is 9.27. The van der Waals surface area contributed by atoms with Crippen LogP contribution in [0.2, 0.25) is 0 Å². The SMILES string of the molecule is COc1cccc2c1C(Nc1ccc3cc(NC(=O)N[C@@H]4CCN(C)C4)ccc3n1)CCC2. The van der Waals surface area contributed by atoms with Crippen LogP contribution in [-0.4, -0.2) is 49.2 Å². The fourth-order valence-corrected chi connectivity index (χ4v) is 5.03. The normalized spacial score (nSPS) is 20.3. The van der Waals surface area contributed by atoms with Crippen LogP contribution in [0.15, 0.2) is 48.5 Å². The van der Waals surface area contributed by atoms with Crippen LogP contribution in [0.25, 0.3) is 10.9 Å². The average molecular weight is 446 g/mol. The Labute approximate surface area is 194 Å². The van der Waals surface area contributed by atoms with Crippen molar-refractivity contribution < 1.29 is 9.53 Å². The van der Waals surface area contributed by atoms with Crippen LogP contribution < -0.4 is 20.7 Å². The van der Waals surface area contributed by atoms with Gasteiger partial charge in [0.25, 0.3) is 0 Å². The van der Waals surface area contributed by atoms with Gasteiger partial charge in [-0.2, -0.15) is 0 Å². The van der Waals surface area contributed by atoms with Crippen LogP contribution in [0, 0.1) is 0 Å². The van der Waals surface area contributed by atoms with Crippen LogP contribution in [0.1, 0.15) is 36.4 Å². The number of nitrogens with zero attached hydrogens (tertiary/aromatic N) is 2. The number of ether oxygens (including phenoxy) is 1. The number of pyridine rings is 1. The predicted octanol–water partition coefficient (Wildman–Crippen LogP) is 4.56. The molecule has 1 aliphatic heterocycles. The summed E-state index contributed by atoms with van der Waals surface area (Å²) in [5.41, 5.74) is 4.24. The third-order valence-corrected chi connectivity index (χ3v) is 6.66. The molecule has 1 saturated heterocycles. The number of anilines is 2. The molecule has 2 amide bonds. The maximum atomic E-state index is 12.4. The van der Waals surface area contributed by atoms with Crippen molar-refractivity contribution in [1.29, 1.82) is 0 Å². The largest absolute Gasteiger partial charge is 0.496 e. The van der Waals surface area contributed by atoms with Crippen molar-refractivity contribution in [2.24, 2.45) is 0 Å². The minimum absolute atomic E-state index is 0.161. The Morgan fingerprint density at radius 3 is 2.88 bits per heavy atom. The molecule has 2 aliphatic rings. The second-order valence-electron chi connectivity index (χ2n) is 9.07. The Kier molecular flexibility index (Phi) is 6.05. The highest BCUT2D eigenvalue weighted by Gasteiger charge is 2.24. The van der Waals surface area contributed by atoms with Crippen molar-refractivity contribution in [3.63, 3.8) is 0 Å². The van der Waals surface area contributed by atoms with E-state index in [2.05, 4.69) is 40.0 Å². The Morgan fingerprint density at radius 1 is 1.15 bits per heavy atom. The van der Waals surface area contributed by atoms with E-state index in [1.165, 1.54) is 11.1 Å². The van der Waals surface area contributed by atoms with E-state index in [0.717, 1.165) is 66.9 Å². The molecular weight excluding hydrogens is 414 g/mol. The predicted molar refractivity (Wildman–Crippen MR) is 132 cm³/mol. The lowest BCUT2D eigenvalue weighted by atomic mass is 9.87. The third kappa shape index (κ3) is 4.73. The topological polar surface area (TPSA) is 78.5 Å². The standard InChI is InChI=1S/C26H31N5O2/c1-31-14-13-20(16-31)28-26(32)27-19-10-11-21-18(15-19)9-12-24(29-21)30-22-7-3-5-17-6-4-8-23(33-2)25(17)22/h4,6,8-12,15,20,22H,3,5,7,13-14,16H2,1-2H3,(H,29,30)(H2,27,28,32)/t20-,22?/m1/s1. The highest BCUT2D eigenvalue weighted by atomic mass is 16.5. The van der Waals surface area contributed by atoms with Crippen molar-refractivity contribution in [2.45, 2.75) is 37.8 Å². The van der Waals surface area contributed by atoms with Gasteiger partial charge in [0, 0.05) is 29.2 Å². The smallest absolute Gasteiger partial charge is 0.319 e. The summed E-state index contributed by atoms with van der Waals surface area (Å²) in [5.74, 6) is 1.78. The molecule has 0 bridgehead atoms. The molecule has 1 aliphatic carbocycles. The summed E-state index contributed by atoms with van der Waals surface area (Å²) in [6, 6.07) is 16.4. The van der Waals surface area contributed by atoms with Gasteiger partial charge in [0.1, 0.15) is 11.6 Å². The highest BCUT2D eigenvalue weighted by Crippen LogP contribution is 2.38. The third-order valence-electron chi connectivity index (χ3n) is 6.66. The van der Waals surface area contributed by atoms with Gasteiger partial charge in [-0.3, -0.25) is 0 Å². The first kappa shape index (κ1) is 21.5. The van der Waals surface area contributed by atoms with Crippen LogP contribution in [0.4, 0.5) is 16.3 Å². The summed E-state index contributed by atoms with van der Waals surface area (Å²) in [6.45, 7) is 1.91. The summed E-state index contributed by atoms with van der Waals surface area (Å²) in [5, 5.41) is 10.6. The molecule has 2 atom stereocenters. The minimum Gasteiger partial charge on any atom is -0.496 e. The number of fused-ring (bicyclic) bond motifs is 2. The summed E-state index contributed by atoms with van der Waals surface area (Å²) in [7, 11) is 3.80. The van der Waals surface area contributed by atoms with E-state index in [4.69, 9.17) is 9.72 Å². The molecule has 1 aromatic heterocycles. The fourth-order valence-electron chi connectivity index (χ4n) is 5.03. The number of hydrogen-bond donors (Lipinski definition) is 3. The zero-order valence-electron chi connectivity index (χ0n) is 19.2. The molecule has 0 saturated carbocycles. The molecule has 7 heteroatoms. The number of carbonyl (C=O) groups is 1. The van der Waals surface area contributed by atoms with Gasteiger partial charge in [-0.05, 0) is 81.2 Å². The van der Waals surface area contributed by atoms with E-state index in [-0.39, 0.29) is 18.1 Å². The van der Waals surface area contributed by atoms with E-state index >= 15 is 0 Å². The molecule has 33 heavy (non-hydrogen) atoms. The van der Waals surface area contributed by atoms with Crippen molar-refractivity contribution in [1.82, 2.24) is 15.2 Å². The quantitative estimate of drug-likeness (QED) is 0.537. The molecule has 7 nitrogen and oxygen atoms in total. The van der Waals surface area contributed by atoms with Gasteiger partial charge >= 0.3 is 6.03 Å². The Balaban J connectivity index is 1.29. The van der Waals surface area contributed by atoms with Crippen LogP contribution in [-0.2, 0) is 6.42 Å². The monoisotopic (exact) mass is 445 g/mol. The van der Waals surface area contributed by atoms with Crippen LogP contribution in [0.5, 0.6) is 5.75 Å². The van der Waals surface area contributed by atoms with Crippen LogP contribution in [0.3, 0.4) is 0 Å². The van der Waals surface area contributed by atoms with E-state index in [9.17, 15) is 4.79 Å². The zero-order chi connectivity index (χ0) is 22.8. The van der Waals surface area contributed by atoms with Crippen molar-refractivity contribution >= 4 is 28.4 Å². The lowest BCUT2D eigenvalue weighted by Gasteiger charge is -2.28. The van der Waals surface area contributed by atoms with E-state index in [1.54, 1.807) is 7.11 Å². The van der Waals surface area contributed by atoms with E-state index in [0.29, 0.717) is 0 Å². The Hall–Kier alpha value is -3.32. The molecule has 5 rings (SSSR count). The number of nitrogens with one attached hydrogen (secondary N) is 3. The number of rotatable bonds is 5. The molecule has 0 spiro atoms. The zero-order valence-corrected chi connectivity index (χ0v) is 19.2. The average Bonchev–Trinajstić information content (AvgIpc) is 3.23. The molecule has 172 valence electrons. The van der Waals surface area contributed by atoms with E-state index in [1.807, 2.05) is 36.4 Å². The van der Waals surface area contributed by atoms with Gasteiger partial charge < -0.3 is 25.6 Å². The highest BCUT2D eigenvalue weighted by molar-refractivity contribution is 5.93. The lowest BCUT2D eigenvalue weighted by molar-refractivity contribution is 0.248. The number of benzene rings is 2. The van der Waals surface area contributed by atoms with Crippen molar-refractivity contribution in [3.8, 4) is 5.75 Å². The summed E-state index contributed by atoms with van der Waals surface area (Å²) >= 11 is 0. The molecule has 2 heterocycles. The maximum absolute atomic E-state index is 12.4. The summed E-state index contributed by atoms with van der Waals surface area (Å²) < 4.78 is 5.64. The molecule has 3 aromatic rings. The summed E-state index contributed by atoms with van der Waals surface area (Å²) in [6.07, 6.45) is 4.25. The molecule has 1 unspecified atom stereocenters. The number of aryl methyl sites for hydroxylation is 1. The first-order chi connectivity index (χ1) is 16.1. The molecule has 2 aromatic carbocycles. The van der Waals surface area contributed by atoms with Crippen molar-refractivity contribution in [2.75, 3.05) is 37.9 Å². The number of likely N-dealkylation sites (N-methyl/N-ethyl adjacent to an activating group) is 1. The maximum Gasteiger partial charge on any atom is 0.319 e. The van der Waals surface area contributed by atoms with Crippen LogP contribution >= 0.6 is 0 Å². The van der Waals surface area contributed by atoms with Gasteiger partial charge in [-0.25, -0.2) is 9.78 Å². The molecule has 3 N–H and O–H groups in total. The number of methoxy groups -OCH3 is 1. The first-order valence-corrected chi connectivity index (χ1v) is 11.7. The number of aromatic nitrogens is 1. The van der Waals surface area contributed by atoms with Gasteiger partial charge in [-0.1, -0.05) is 12.1 Å². The number of urea groups is 1. The van der Waals surface area contributed by atoms with Gasteiger partial charge in [0.15, 0.2) is 0 Å². The second-order valence-corrected chi connectivity index (χ2v) is 9.07. The minimum atomic E-state index is -0.161. The Morgan fingerprint density at radius 2 is 2.06 bits per heavy atom. The summed E-state index contributed by atoms with van der Waals surface area (Å²) in [4.78, 5) is 19.4. The van der Waals surface area contributed by atoms with E-state index < -0.39 is 0 Å². The molecular formula is C26H31N5O2. The van der Waals surface area contributed by atoms with Gasteiger partial charge in [0.2, 0.25) is 0 Å². The number of likely N-dealkylation sites (tertiary alicyclic amines) is 1. The first-order valence-electron chi connectivity index (χ1n) is 11.7. The number of carbonyl (C=O) groups excluding carboxylic acids is 1. The fraction of sp³-hybridized carbons (Fsp3) is 0.385. The Bertz CT molecular complexity index is 1150. The molecule has 0 radical (unpaired) electrons. The van der Waals surface area contributed by atoms with Gasteiger partial charge in [-0.15, -0.1) is 0 Å². The molecule has 1 fully saturated rings. The van der Waals surface area contributed by atoms with Crippen molar-refractivity contribution in [3.05, 3.63) is 59.7 Å². The van der Waals surface area contributed by atoms with Gasteiger partial charge in [0.05, 0.1) is 18.7 Å².